The molecule has 0 unspecified atom stereocenters. The van der Waals surface area contributed by atoms with Crippen LogP contribution in [-0.4, -0.2) is 38.0 Å². The summed E-state index contributed by atoms with van der Waals surface area (Å²) in [6.45, 7) is 6.16. The summed E-state index contributed by atoms with van der Waals surface area (Å²) < 4.78 is 31.8. The molecule has 0 aliphatic rings. The van der Waals surface area contributed by atoms with Crippen LogP contribution in [0, 0.1) is 17.0 Å². The Morgan fingerprint density at radius 3 is 2.46 bits per heavy atom. The Morgan fingerprint density at radius 2 is 2.00 bits per heavy atom. The lowest BCUT2D eigenvalue weighted by Crippen LogP contribution is -2.45. The zero-order valence-electron chi connectivity index (χ0n) is 14.0. The summed E-state index contributed by atoms with van der Waals surface area (Å²) in [5, 5.41) is 11.2. The van der Waals surface area contributed by atoms with Gasteiger partial charge in [-0.1, -0.05) is 0 Å². The van der Waals surface area contributed by atoms with Gasteiger partial charge in [0.2, 0.25) is 10.0 Å². The number of rotatable bonds is 7. The van der Waals surface area contributed by atoms with Crippen LogP contribution in [0.5, 0.6) is 0 Å². The molecule has 0 saturated heterocycles. The summed E-state index contributed by atoms with van der Waals surface area (Å²) in [4.78, 5) is 22.0. The van der Waals surface area contributed by atoms with E-state index in [4.69, 9.17) is 10.5 Å². The molecule has 0 bridgehead atoms. The number of hydrogen-bond acceptors (Lipinski definition) is 7. The smallest absolute Gasteiger partial charge is 0.338 e. The number of nitrogens with two attached hydrogens (primary N) is 1. The predicted molar refractivity (Wildman–Crippen MR) is 87.2 cm³/mol. The van der Waals surface area contributed by atoms with Crippen molar-refractivity contribution in [2.45, 2.75) is 38.1 Å². The molecule has 1 rings (SSSR count). The molecule has 134 valence electrons. The van der Waals surface area contributed by atoms with Crippen molar-refractivity contribution in [2.75, 3.05) is 13.2 Å². The first kappa shape index (κ1) is 20.0. The van der Waals surface area contributed by atoms with Crippen LogP contribution in [0.4, 0.5) is 5.69 Å². The number of nitro groups is 1. The van der Waals surface area contributed by atoms with E-state index in [0.717, 1.165) is 12.1 Å². The largest absolute Gasteiger partial charge is 0.462 e. The van der Waals surface area contributed by atoms with Crippen molar-refractivity contribution in [3.63, 3.8) is 0 Å². The molecular weight excluding hydrogens is 338 g/mol. The summed E-state index contributed by atoms with van der Waals surface area (Å²) in [6, 6.07) is 1.97. The number of benzene rings is 1. The van der Waals surface area contributed by atoms with E-state index >= 15 is 0 Å². The molecule has 0 heterocycles. The Kier molecular flexibility index (Phi) is 6.04. The summed E-state index contributed by atoms with van der Waals surface area (Å²) >= 11 is 0. The molecule has 9 nitrogen and oxygen atoms in total. The van der Waals surface area contributed by atoms with Crippen LogP contribution in [-0.2, 0) is 14.8 Å². The highest BCUT2D eigenvalue weighted by molar-refractivity contribution is 7.89. The molecule has 0 fully saturated rings. The molecular formula is C14H21N3O6S. The first-order chi connectivity index (χ1) is 10.9. The lowest BCUT2D eigenvalue weighted by atomic mass is 10.1. The minimum atomic E-state index is -4.08. The molecule has 0 radical (unpaired) electrons. The molecule has 0 atom stereocenters. The molecule has 0 saturated carbocycles. The van der Waals surface area contributed by atoms with Gasteiger partial charge in [-0.25, -0.2) is 17.9 Å². The average Bonchev–Trinajstić information content (AvgIpc) is 2.44. The van der Waals surface area contributed by atoms with Gasteiger partial charge in [-0.2, -0.15) is 0 Å². The van der Waals surface area contributed by atoms with Crippen LogP contribution < -0.4 is 10.5 Å². The van der Waals surface area contributed by atoms with Gasteiger partial charge in [0.15, 0.2) is 0 Å². The highest BCUT2D eigenvalue weighted by atomic mass is 32.2. The molecule has 0 aliphatic heterocycles. The standard InChI is InChI=1S/C14H21N3O6S/c1-5-23-13(18)11-6-10(7-12(9(11)2)17(19)20)24(21,22)16-8-14(3,4)15/h6-7,16H,5,8,15H2,1-4H3. The normalized spacial score (nSPS) is 12.0. The van der Waals surface area contributed by atoms with E-state index in [2.05, 4.69) is 4.72 Å². The zero-order valence-corrected chi connectivity index (χ0v) is 14.8. The number of carbonyl (C=O) groups excluding carboxylic acids is 1. The topological polar surface area (TPSA) is 142 Å². The quantitative estimate of drug-likeness (QED) is 0.421. The minimum Gasteiger partial charge on any atom is -0.462 e. The molecule has 10 heteroatoms. The van der Waals surface area contributed by atoms with Gasteiger partial charge in [0, 0.05) is 23.7 Å². The van der Waals surface area contributed by atoms with Crippen LogP contribution >= 0.6 is 0 Å². The highest BCUT2D eigenvalue weighted by Crippen LogP contribution is 2.27. The second kappa shape index (κ2) is 7.24. The molecule has 1 aromatic carbocycles. The van der Waals surface area contributed by atoms with E-state index < -0.39 is 37.0 Å². The second-order valence-electron chi connectivity index (χ2n) is 5.91. The van der Waals surface area contributed by atoms with Crippen molar-refractivity contribution in [2.24, 2.45) is 5.73 Å². The van der Waals surface area contributed by atoms with Gasteiger partial charge in [0.25, 0.3) is 5.69 Å². The number of nitrogens with zero attached hydrogens (tertiary/aromatic N) is 1. The van der Waals surface area contributed by atoms with E-state index in [1.54, 1.807) is 20.8 Å². The van der Waals surface area contributed by atoms with Crippen molar-refractivity contribution in [1.29, 1.82) is 0 Å². The fourth-order valence-corrected chi connectivity index (χ4v) is 3.07. The lowest BCUT2D eigenvalue weighted by molar-refractivity contribution is -0.385. The molecule has 24 heavy (non-hydrogen) atoms. The van der Waals surface area contributed by atoms with E-state index in [9.17, 15) is 23.3 Å². The third-order valence-corrected chi connectivity index (χ3v) is 4.45. The molecule has 1 aromatic rings. The van der Waals surface area contributed by atoms with Gasteiger partial charge in [0.1, 0.15) is 0 Å². The monoisotopic (exact) mass is 359 g/mol. The van der Waals surface area contributed by atoms with Crippen LogP contribution in [0.25, 0.3) is 0 Å². The zero-order chi connectivity index (χ0) is 18.7. The van der Waals surface area contributed by atoms with Gasteiger partial charge < -0.3 is 10.5 Å². The number of carbonyl (C=O) groups is 1. The Hall–Kier alpha value is -2.04. The van der Waals surface area contributed by atoms with Crippen LogP contribution in [0.1, 0.15) is 36.7 Å². The summed E-state index contributed by atoms with van der Waals surface area (Å²) in [7, 11) is -4.08. The van der Waals surface area contributed by atoms with Crippen LogP contribution in [0.2, 0.25) is 0 Å². The number of ether oxygens (including phenoxy) is 1. The maximum Gasteiger partial charge on any atom is 0.338 e. The first-order valence-electron chi connectivity index (χ1n) is 7.13. The van der Waals surface area contributed by atoms with E-state index in [-0.39, 0.29) is 24.3 Å². The van der Waals surface area contributed by atoms with Crippen LogP contribution in [0.15, 0.2) is 17.0 Å². The Bertz CT molecular complexity index is 753. The van der Waals surface area contributed by atoms with E-state index in [0.29, 0.717) is 0 Å². The second-order valence-corrected chi connectivity index (χ2v) is 7.67. The highest BCUT2D eigenvalue weighted by Gasteiger charge is 2.27. The first-order valence-corrected chi connectivity index (χ1v) is 8.62. The van der Waals surface area contributed by atoms with Crippen molar-refractivity contribution in [3.05, 3.63) is 33.4 Å². The van der Waals surface area contributed by atoms with E-state index in [1.165, 1.54) is 6.92 Å². The average molecular weight is 359 g/mol. The van der Waals surface area contributed by atoms with Crippen molar-refractivity contribution in [3.8, 4) is 0 Å². The van der Waals surface area contributed by atoms with E-state index in [1.807, 2.05) is 0 Å². The van der Waals surface area contributed by atoms with Gasteiger partial charge >= 0.3 is 5.97 Å². The number of nitrogens with one attached hydrogen (secondary N) is 1. The van der Waals surface area contributed by atoms with Crippen molar-refractivity contribution >= 4 is 21.7 Å². The van der Waals surface area contributed by atoms with Crippen molar-refractivity contribution < 1.29 is 22.9 Å². The van der Waals surface area contributed by atoms with Gasteiger partial charge in [-0.3, -0.25) is 10.1 Å². The number of esters is 1. The molecule has 0 aliphatic carbocycles. The Morgan fingerprint density at radius 1 is 1.42 bits per heavy atom. The molecule has 0 aromatic heterocycles. The molecule has 0 amide bonds. The van der Waals surface area contributed by atoms with Gasteiger partial charge in [-0.15, -0.1) is 0 Å². The third kappa shape index (κ3) is 4.98. The fraction of sp³-hybridized carbons (Fsp3) is 0.500. The Balaban J connectivity index is 3.43. The van der Waals surface area contributed by atoms with Gasteiger partial charge in [0.05, 0.1) is 22.0 Å². The number of hydrogen-bond donors (Lipinski definition) is 2. The number of nitro benzene ring substituents is 1. The maximum absolute atomic E-state index is 12.4. The lowest BCUT2D eigenvalue weighted by Gasteiger charge is -2.19. The summed E-state index contributed by atoms with van der Waals surface area (Å²) in [5.74, 6) is -0.825. The summed E-state index contributed by atoms with van der Waals surface area (Å²) in [6.07, 6.45) is 0. The molecule has 3 N–H and O–H groups in total. The van der Waals surface area contributed by atoms with Gasteiger partial charge in [-0.05, 0) is 33.8 Å². The minimum absolute atomic E-state index is 0.0385. The Labute approximate surface area is 140 Å². The predicted octanol–water partition coefficient (Wildman–Crippen LogP) is 1.10. The maximum atomic E-state index is 12.4. The van der Waals surface area contributed by atoms with Crippen LogP contribution in [0.3, 0.4) is 0 Å². The molecule has 0 spiro atoms. The number of sulfonamides is 1. The SMILES string of the molecule is CCOC(=O)c1cc(S(=O)(=O)NCC(C)(C)N)cc([N+](=O)[O-])c1C. The fourth-order valence-electron chi connectivity index (χ4n) is 1.80. The van der Waals surface area contributed by atoms with Crippen molar-refractivity contribution in [1.82, 2.24) is 4.72 Å². The summed E-state index contributed by atoms with van der Waals surface area (Å²) in [5.41, 5.74) is 4.31. The third-order valence-electron chi connectivity index (χ3n) is 3.07.